The lowest BCUT2D eigenvalue weighted by atomic mass is 9.88. The van der Waals surface area contributed by atoms with E-state index in [4.69, 9.17) is 4.74 Å². The highest BCUT2D eigenvalue weighted by molar-refractivity contribution is 5.73. The van der Waals surface area contributed by atoms with Gasteiger partial charge in [-0.3, -0.25) is 9.48 Å². The summed E-state index contributed by atoms with van der Waals surface area (Å²) >= 11 is 0. The van der Waals surface area contributed by atoms with Gasteiger partial charge in [0.15, 0.2) is 5.82 Å². The van der Waals surface area contributed by atoms with Crippen molar-refractivity contribution in [2.24, 2.45) is 5.92 Å². The van der Waals surface area contributed by atoms with E-state index in [2.05, 4.69) is 26.8 Å². The number of aryl methyl sites for hydroxylation is 1. The minimum atomic E-state index is -0.125. The predicted molar refractivity (Wildman–Crippen MR) is 79.3 cm³/mol. The van der Waals surface area contributed by atoms with Gasteiger partial charge in [0.2, 0.25) is 0 Å². The van der Waals surface area contributed by atoms with E-state index in [9.17, 15) is 4.79 Å². The molecule has 0 fully saturated rings. The molecule has 3 rings (SSSR count). The molecule has 0 saturated carbocycles. The van der Waals surface area contributed by atoms with Crippen LogP contribution in [-0.2, 0) is 35.5 Å². The highest BCUT2D eigenvalue weighted by Crippen LogP contribution is 2.26. The molecule has 1 unspecified atom stereocenters. The molecule has 0 spiro atoms. The van der Waals surface area contributed by atoms with E-state index in [1.165, 1.54) is 12.8 Å². The molecular formula is C15H21N5O2. The van der Waals surface area contributed by atoms with Gasteiger partial charge in [0, 0.05) is 12.2 Å². The fourth-order valence-electron chi connectivity index (χ4n) is 3.18. The summed E-state index contributed by atoms with van der Waals surface area (Å²) in [6, 6.07) is 0. The van der Waals surface area contributed by atoms with Crippen LogP contribution in [0, 0.1) is 12.8 Å². The van der Waals surface area contributed by atoms with Crippen molar-refractivity contribution < 1.29 is 9.53 Å². The number of fused-ring (bicyclic) bond motifs is 1. The van der Waals surface area contributed by atoms with Gasteiger partial charge in [0.25, 0.3) is 0 Å². The third-order valence-corrected chi connectivity index (χ3v) is 4.39. The molecule has 0 N–H and O–H groups in total. The molecule has 7 nitrogen and oxygen atoms in total. The van der Waals surface area contributed by atoms with Gasteiger partial charge in [0.1, 0.15) is 12.4 Å². The fourth-order valence-corrected chi connectivity index (χ4v) is 3.18. The minimum Gasteiger partial charge on any atom is -0.469 e. The van der Waals surface area contributed by atoms with E-state index in [-0.39, 0.29) is 11.9 Å². The Morgan fingerprint density at radius 1 is 1.45 bits per heavy atom. The van der Waals surface area contributed by atoms with Crippen LogP contribution in [0.25, 0.3) is 0 Å². The molecular weight excluding hydrogens is 282 g/mol. The Kier molecular flexibility index (Phi) is 3.96. The van der Waals surface area contributed by atoms with Crippen LogP contribution in [0.1, 0.15) is 36.3 Å². The molecule has 2 aromatic heterocycles. The highest BCUT2D eigenvalue weighted by Gasteiger charge is 2.28. The molecule has 2 heterocycles. The first-order valence-corrected chi connectivity index (χ1v) is 7.64. The number of hydrogen-bond acceptors (Lipinski definition) is 5. The van der Waals surface area contributed by atoms with Crippen molar-refractivity contribution in [2.75, 3.05) is 7.11 Å². The Morgan fingerprint density at radius 2 is 2.27 bits per heavy atom. The maximum atomic E-state index is 11.7. The number of carbonyl (C=O) groups excluding carboxylic acids is 1. The molecule has 0 aliphatic heterocycles. The van der Waals surface area contributed by atoms with Crippen LogP contribution in [0.15, 0.2) is 6.20 Å². The molecule has 1 aliphatic carbocycles. The zero-order valence-electron chi connectivity index (χ0n) is 13.2. The van der Waals surface area contributed by atoms with Crippen LogP contribution >= 0.6 is 0 Å². The van der Waals surface area contributed by atoms with Crippen molar-refractivity contribution in [3.05, 3.63) is 29.1 Å². The van der Waals surface area contributed by atoms with E-state index in [0.29, 0.717) is 13.0 Å². The smallest absolute Gasteiger partial charge is 0.309 e. The van der Waals surface area contributed by atoms with Crippen LogP contribution in [0.4, 0.5) is 0 Å². The lowest BCUT2D eigenvalue weighted by Gasteiger charge is -2.20. The predicted octanol–water partition coefficient (Wildman–Crippen LogP) is 1.13. The average molecular weight is 303 g/mol. The summed E-state index contributed by atoms with van der Waals surface area (Å²) in [5.41, 5.74) is 2.34. The maximum Gasteiger partial charge on any atom is 0.309 e. The molecule has 22 heavy (non-hydrogen) atoms. The number of esters is 1. The quantitative estimate of drug-likeness (QED) is 0.792. The van der Waals surface area contributed by atoms with E-state index in [1.807, 2.05) is 17.8 Å². The molecule has 0 aromatic carbocycles. The third kappa shape index (κ3) is 2.51. The van der Waals surface area contributed by atoms with Gasteiger partial charge < -0.3 is 9.30 Å². The summed E-state index contributed by atoms with van der Waals surface area (Å²) < 4.78 is 8.93. The van der Waals surface area contributed by atoms with Crippen molar-refractivity contribution in [1.82, 2.24) is 24.5 Å². The number of rotatable bonds is 4. The fraction of sp³-hybridized carbons (Fsp3) is 0.600. The second-order valence-electron chi connectivity index (χ2n) is 5.64. The van der Waals surface area contributed by atoms with E-state index < -0.39 is 0 Å². The van der Waals surface area contributed by atoms with Gasteiger partial charge in [-0.2, -0.15) is 5.10 Å². The number of nitrogens with zero attached hydrogens (tertiary/aromatic N) is 5. The summed E-state index contributed by atoms with van der Waals surface area (Å²) in [6.45, 7) is 5.51. The summed E-state index contributed by atoms with van der Waals surface area (Å²) in [5, 5.41) is 12.9. The van der Waals surface area contributed by atoms with Gasteiger partial charge in [-0.25, -0.2) is 0 Å². The molecule has 0 amide bonds. The maximum absolute atomic E-state index is 11.7. The van der Waals surface area contributed by atoms with Gasteiger partial charge >= 0.3 is 5.97 Å². The van der Waals surface area contributed by atoms with Gasteiger partial charge in [0.05, 0.1) is 19.2 Å². The second-order valence-corrected chi connectivity index (χ2v) is 5.64. The van der Waals surface area contributed by atoms with Crippen LogP contribution in [0.3, 0.4) is 0 Å². The molecule has 0 bridgehead atoms. The van der Waals surface area contributed by atoms with Gasteiger partial charge in [-0.05, 0) is 38.7 Å². The van der Waals surface area contributed by atoms with E-state index in [0.717, 1.165) is 36.6 Å². The molecule has 0 radical (unpaired) electrons. The zero-order valence-corrected chi connectivity index (χ0v) is 13.2. The first-order valence-electron chi connectivity index (χ1n) is 7.64. The number of methoxy groups -OCH3 is 1. The normalized spacial score (nSPS) is 17.3. The molecule has 1 aliphatic rings. The first-order chi connectivity index (χ1) is 10.6. The van der Waals surface area contributed by atoms with Gasteiger partial charge in [-0.15, -0.1) is 10.2 Å². The largest absolute Gasteiger partial charge is 0.469 e. The average Bonchev–Trinajstić information content (AvgIpc) is 3.10. The molecule has 7 heteroatoms. The van der Waals surface area contributed by atoms with Crippen molar-refractivity contribution in [2.45, 2.75) is 46.2 Å². The van der Waals surface area contributed by atoms with Crippen LogP contribution < -0.4 is 0 Å². The SMILES string of the molecule is CCn1c(C)nnc1Cn1ncc2c1CCC(C(=O)OC)C2. The van der Waals surface area contributed by atoms with E-state index >= 15 is 0 Å². The number of ether oxygens (including phenoxy) is 1. The summed E-state index contributed by atoms with van der Waals surface area (Å²) in [5.74, 6) is 1.67. The lowest BCUT2D eigenvalue weighted by molar-refractivity contribution is -0.145. The Bertz CT molecular complexity index is 688. The van der Waals surface area contributed by atoms with E-state index in [1.54, 1.807) is 0 Å². The Morgan fingerprint density at radius 3 is 3.00 bits per heavy atom. The number of carbonyl (C=O) groups is 1. The van der Waals surface area contributed by atoms with Crippen LogP contribution in [0.2, 0.25) is 0 Å². The van der Waals surface area contributed by atoms with Crippen molar-refractivity contribution >= 4 is 5.97 Å². The monoisotopic (exact) mass is 303 g/mol. The van der Waals surface area contributed by atoms with Crippen molar-refractivity contribution in [3.63, 3.8) is 0 Å². The lowest BCUT2D eigenvalue weighted by Crippen LogP contribution is -2.24. The zero-order chi connectivity index (χ0) is 15.7. The topological polar surface area (TPSA) is 74.8 Å². The molecule has 0 saturated heterocycles. The first kappa shape index (κ1) is 14.7. The Hall–Kier alpha value is -2.18. The van der Waals surface area contributed by atoms with Crippen molar-refractivity contribution in [3.8, 4) is 0 Å². The Labute approximate surface area is 129 Å². The summed E-state index contributed by atoms with van der Waals surface area (Å²) in [4.78, 5) is 11.7. The van der Waals surface area contributed by atoms with Crippen LogP contribution in [0.5, 0.6) is 0 Å². The standard InChI is InChI=1S/C15H21N5O2/c1-4-19-10(2)17-18-14(19)9-20-13-6-5-11(15(21)22-3)7-12(13)8-16-20/h8,11H,4-7,9H2,1-3H3. The highest BCUT2D eigenvalue weighted by atomic mass is 16.5. The molecule has 118 valence electrons. The Balaban J connectivity index is 1.81. The molecule has 2 aromatic rings. The third-order valence-electron chi connectivity index (χ3n) is 4.39. The number of aromatic nitrogens is 5. The van der Waals surface area contributed by atoms with Crippen molar-refractivity contribution in [1.29, 1.82) is 0 Å². The molecule has 1 atom stereocenters. The number of hydrogen-bond donors (Lipinski definition) is 0. The van der Waals surface area contributed by atoms with Gasteiger partial charge in [-0.1, -0.05) is 0 Å². The second kappa shape index (κ2) is 5.90. The van der Waals surface area contributed by atoms with Crippen LogP contribution in [-0.4, -0.2) is 37.6 Å². The summed E-state index contributed by atoms with van der Waals surface area (Å²) in [6.07, 6.45) is 4.23. The summed E-state index contributed by atoms with van der Waals surface area (Å²) in [7, 11) is 1.45. The minimum absolute atomic E-state index is 0.0447.